The molecule has 1 saturated heterocycles. The zero-order valence-electron chi connectivity index (χ0n) is 10.6. The lowest BCUT2D eigenvalue weighted by Gasteiger charge is -2.31. The van der Waals surface area contributed by atoms with E-state index in [1.165, 1.54) is 0 Å². The minimum Gasteiger partial charge on any atom is -0.492 e. The standard InChI is InChI=1S/C13H21N3O2/c14-13-2-1-12(9-15-13)18-10-11-3-5-16(6-4-11)7-8-17/h1-2,9,11,17H,3-8,10H2,(H2,14,15). The molecule has 1 aliphatic heterocycles. The molecule has 5 nitrogen and oxygen atoms in total. The molecule has 0 saturated carbocycles. The van der Waals surface area contributed by atoms with Gasteiger partial charge in [-0.3, -0.25) is 0 Å². The van der Waals surface area contributed by atoms with Gasteiger partial charge in [-0.15, -0.1) is 0 Å². The first-order valence-corrected chi connectivity index (χ1v) is 6.45. The molecule has 2 heterocycles. The van der Waals surface area contributed by atoms with E-state index in [-0.39, 0.29) is 6.61 Å². The molecule has 100 valence electrons. The number of nitrogens with two attached hydrogens (primary N) is 1. The molecule has 0 amide bonds. The van der Waals surface area contributed by atoms with Gasteiger partial charge in [-0.2, -0.15) is 0 Å². The first kappa shape index (κ1) is 13.1. The highest BCUT2D eigenvalue weighted by Crippen LogP contribution is 2.19. The van der Waals surface area contributed by atoms with Crippen molar-refractivity contribution in [3.63, 3.8) is 0 Å². The van der Waals surface area contributed by atoms with E-state index in [0.29, 0.717) is 11.7 Å². The largest absolute Gasteiger partial charge is 0.492 e. The molecule has 2 rings (SSSR count). The summed E-state index contributed by atoms with van der Waals surface area (Å²) in [5.74, 6) is 1.89. The molecule has 1 fully saturated rings. The Bertz CT molecular complexity index is 348. The number of nitrogen functional groups attached to an aromatic ring is 1. The van der Waals surface area contributed by atoms with Crippen LogP contribution in [0, 0.1) is 5.92 Å². The number of hydrogen-bond donors (Lipinski definition) is 2. The summed E-state index contributed by atoms with van der Waals surface area (Å²) in [4.78, 5) is 6.29. The number of nitrogens with zero attached hydrogens (tertiary/aromatic N) is 2. The summed E-state index contributed by atoms with van der Waals surface area (Å²) in [7, 11) is 0. The molecule has 0 spiro atoms. The van der Waals surface area contributed by atoms with Gasteiger partial charge in [-0.05, 0) is 44.0 Å². The molecule has 0 radical (unpaired) electrons. The summed E-state index contributed by atoms with van der Waals surface area (Å²) in [5, 5.41) is 8.88. The summed E-state index contributed by atoms with van der Waals surface area (Å²) in [6.07, 6.45) is 3.92. The Morgan fingerprint density at radius 1 is 1.39 bits per heavy atom. The first-order valence-electron chi connectivity index (χ1n) is 6.45. The lowest BCUT2D eigenvalue weighted by Crippen LogP contribution is -2.37. The van der Waals surface area contributed by atoms with Crippen LogP contribution < -0.4 is 10.5 Å². The van der Waals surface area contributed by atoms with Gasteiger partial charge in [-0.1, -0.05) is 0 Å². The van der Waals surface area contributed by atoms with Crippen molar-refractivity contribution in [2.75, 3.05) is 38.6 Å². The SMILES string of the molecule is Nc1ccc(OCC2CCN(CCO)CC2)cn1. The lowest BCUT2D eigenvalue weighted by atomic mass is 9.98. The Hall–Kier alpha value is -1.33. The van der Waals surface area contributed by atoms with Crippen molar-refractivity contribution in [3.8, 4) is 5.75 Å². The predicted molar refractivity (Wildman–Crippen MR) is 70.4 cm³/mol. The summed E-state index contributed by atoms with van der Waals surface area (Å²) in [6.45, 7) is 3.87. The van der Waals surface area contributed by atoms with E-state index >= 15 is 0 Å². The molecule has 1 aromatic rings. The molecular formula is C13H21N3O2. The predicted octanol–water partition coefficient (Wildman–Crippen LogP) is 0.747. The van der Waals surface area contributed by atoms with Gasteiger partial charge in [0.05, 0.1) is 19.4 Å². The maximum absolute atomic E-state index is 8.88. The fourth-order valence-corrected chi connectivity index (χ4v) is 2.21. The van der Waals surface area contributed by atoms with Crippen LogP contribution in [-0.2, 0) is 0 Å². The minimum absolute atomic E-state index is 0.248. The smallest absolute Gasteiger partial charge is 0.137 e. The van der Waals surface area contributed by atoms with Crippen molar-refractivity contribution in [2.24, 2.45) is 5.92 Å². The van der Waals surface area contributed by atoms with Crippen molar-refractivity contribution in [1.29, 1.82) is 0 Å². The van der Waals surface area contributed by atoms with Crippen LogP contribution in [0.15, 0.2) is 18.3 Å². The molecule has 0 aliphatic carbocycles. The normalized spacial score (nSPS) is 17.8. The summed E-state index contributed by atoms with van der Waals surface area (Å²) >= 11 is 0. The third-order valence-electron chi connectivity index (χ3n) is 3.37. The Balaban J connectivity index is 1.70. The van der Waals surface area contributed by atoms with Crippen LogP contribution in [0.25, 0.3) is 0 Å². The number of likely N-dealkylation sites (tertiary alicyclic amines) is 1. The monoisotopic (exact) mass is 251 g/mol. The van der Waals surface area contributed by atoms with Crippen LogP contribution in [0.1, 0.15) is 12.8 Å². The molecule has 3 N–H and O–H groups in total. The van der Waals surface area contributed by atoms with Crippen LogP contribution in [0.4, 0.5) is 5.82 Å². The second-order valence-corrected chi connectivity index (χ2v) is 4.74. The molecule has 18 heavy (non-hydrogen) atoms. The second kappa shape index (κ2) is 6.56. The third-order valence-corrected chi connectivity index (χ3v) is 3.37. The molecule has 1 aliphatic rings. The van der Waals surface area contributed by atoms with E-state index in [1.54, 1.807) is 12.3 Å². The average molecular weight is 251 g/mol. The highest BCUT2D eigenvalue weighted by molar-refractivity contribution is 5.32. The van der Waals surface area contributed by atoms with E-state index in [9.17, 15) is 0 Å². The van der Waals surface area contributed by atoms with Crippen LogP contribution >= 0.6 is 0 Å². The number of piperidine rings is 1. The van der Waals surface area contributed by atoms with Gasteiger partial charge >= 0.3 is 0 Å². The van der Waals surface area contributed by atoms with Crippen molar-refractivity contribution in [3.05, 3.63) is 18.3 Å². The third kappa shape index (κ3) is 3.85. The molecular weight excluding hydrogens is 230 g/mol. The lowest BCUT2D eigenvalue weighted by molar-refractivity contribution is 0.122. The summed E-state index contributed by atoms with van der Waals surface area (Å²) < 4.78 is 5.71. The van der Waals surface area contributed by atoms with Crippen LogP contribution in [-0.4, -0.2) is 47.8 Å². The Morgan fingerprint density at radius 2 is 2.17 bits per heavy atom. The topological polar surface area (TPSA) is 71.6 Å². The maximum atomic E-state index is 8.88. The number of anilines is 1. The fraction of sp³-hybridized carbons (Fsp3) is 0.615. The Labute approximate surface area is 108 Å². The van der Waals surface area contributed by atoms with Crippen molar-refractivity contribution < 1.29 is 9.84 Å². The fourth-order valence-electron chi connectivity index (χ4n) is 2.21. The van der Waals surface area contributed by atoms with Gasteiger partial charge < -0.3 is 20.5 Å². The van der Waals surface area contributed by atoms with Crippen molar-refractivity contribution in [2.45, 2.75) is 12.8 Å². The number of aromatic nitrogens is 1. The van der Waals surface area contributed by atoms with Gasteiger partial charge in [0.25, 0.3) is 0 Å². The van der Waals surface area contributed by atoms with E-state index in [0.717, 1.165) is 44.8 Å². The van der Waals surface area contributed by atoms with Gasteiger partial charge in [0.2, 0.25) is 0 Å². The molecule has 0 atom stereocenters. The minimum atomic E-state index is 0.248. The number of rotatable bonds is 5. The highest BCUT2D eigenvalue weighted by Gasteiger charge is 2.19. The number of aliphatic hydroxyl groups excluding tert-OH is 1. The summed E-state index contributed by atoms with van der Waals surface area (Å²) in [5.41, 5.74) is 5.52. The van der Waals surface area contributed by atoms with Gasteiger partial charge in [-0.25, -0.2) is 4.98 Å². The average Bonchev–Trinajstić information content (AvgIpc) is 2.40. The Morgan fingerprint density at radius 3 is 2.78 bits per heavy atom. The molecule has 5 heteroatoms. The van der Waals surface area contributed by atoms with Gasteiger partial charge in [0.15, 0.2) is 0 Å². The number of aliphatic hydroxyl groups is 1. The van der Waals surface area contributed by atoms with Crippen molar-refractivity contribution in [1.82, 2.24) is 9.88 Å². The van der Waals surface area contributed by atoms with E-state index < -0.39 is 0 Å². The molecule has 0 aromatic carbocycles. The van der Waals surface area contributed by atoms with Crippen LogP contribution in [0.2, 0.25) is 0 Å². The maximum Gasteiger partial charge on any atom is 0.137 e. The Kier molecular flexibility index (Phi) is 4.78. The van der Waals surface area contributed by atoms with E-state index in [2.05, 4.69) is 9.88 Å². The van der Waals surface area contributed by atoms with Gasteiger partial charge in [0, 0.05) is 6.54 Å². The summed E-state index contributed by atoms with van der Waals surface area (Å²) in [6, 6.07) is 3.60. The van der Waals surface area contributed by atoms with Crippen LogP contribution in [0.3, 0.4) is 0 Å². The quantitative estimate of drug-likeness (QED) is 0.808. The number of pyridine rings is 1. The van der Waals surface area contributed by atoms with E-state index in [1.807, 2.05) is 6.07 Å². The highest BCUT2D eigenvalue weighted by atomic mass is 16.5. The molecule has 0 bridgehead atoms. The first-order chi connectivity index (χ1) is 8.78. The second-order valence-electron chi connectivity index (χ2n) is 4.74. The zero-order chi connectivity index (χ0) is 12.8. The van der Waals surface area contributed by atoms with Gasteiger partial charge in [0.1, 0.15) is 11.6 Å². The van der Waals surface area contributed by atoms with E-state index in [4.69, 9.17) is 15.6 Å². The zero-order valence-corrected chi connectivity index (χ0v) is 10.6. The van der Waals surface area contributed by atoms with Crippen LogP contribution in [0.5, 0.6) is 5.75 Å². The molecule has 1 aromatic heterocycles. The number of ether oxygens (including phenoxy) is 1. The molecule has 0 unspecified atom stereocenters. The number of hydrogen-bond acceptors (Lipinski definition) is 5. The van der Waals surface area contributed by atoms with Crippen molar-refractivity contribution >= 4 is 5.82 Å². The number of β-amino-alcohol motifs (C(OH)–C–C–N with tert-alkyl or cyclic N) is 1.